The van der Waals surface area contributed by atoms with Gasteiger partial charge in [0.1, 0.15) is 5.60 Å². The number of allylic oxidation sites excluding steroid dienone is 1. The first kappa shape index (κ1) is 22.0. The molecule has 1 unspecified atom stereocenters. The lowest BCUT2D eigenvalue weighted by Gasteiger charge is -2.39. The summed E-state index contributed by atoms with van der Waals surface area (Å²) in [6.07, 6.45) is 6.38. The van der Waals surface area contributed by atoms with Crippen LogP contribution in [0.4, 0.5) is 4.79 Å². The first-order valence-corrected chi connectivity index (χ1v) is 10.9. The smallest absolute Gasteiger partial charge is 0.410 e. The fourth-order valence-electron chi connectivity index (χ4n) is 4.75. The minimum absolute atomic E-state index is 0.244. The molecule has 1 saturated heterocycles. The van der Waals surface area contributed by atoms with E-state index in [9.17, 15) is 4.79 Å². The van der Waals surface area contributed by atoms with Crippen molar-refractivity contribution in [3.63, 3.8) is 0 Å². The lowest BCUT2D eigenvalue weighted by Crippen LogP contribution is -2.39. The number of hydrogen-bond donors (Lipinski definition) is 0. The summed E-state index contributed by atoms with van der Waals surface area (Å²) < 4.78 is 28.6. The number of fused-ring (bicyclic) bond motifs is 2. The second kappa shape index (κ2) is 8.02. The molecule has 0 bridgehead atoms. The molecule has 1 aromatic carbocycles. The van der Waals surface area contributed by atoms with E-state index in [1.165, 1.54) is 0 Å². The van der Waals surface area contributed by atoms with E-state index in [4.69, 9.17) is 23.7 Å². The standard InChI is InChI=1S/C24H33NO6/c1-22(2,3)31-21(26)25-11-10-23(6-8-24(9-7-23)29-12-13-30-24)18-15-20(28-5)19(27-4)14-17(18)16-25/h6,8,14-15H,7,9-13,16H2,1-5H3. The molecule has 1 aromatic rings. The van der Waals surface area contributed by atoms with Gasteiger partial charge in [-0.1, -0.05) is 6.08 Å². The second-order valence-corrected chi connectivity index (χ2v) is 9.51. The van der Waals surface area contributed by atoms with Gasteiger partial charge in [0, 0.05) is 24.9 Å². The van der Waals surface area contributed by atoms with Crippen LogP contribution in [0.15, 0.2) is 24.3 Å². The molecule has 0 N–H and O–H groups in total. The molecule has 2 aliphatic heterocycles. The average Bonchev–Trinajstić information content (AvgIpc) is 3.12. The van der Waals surface area contributed by atoms with Crippen LogP contribution in [0, 0.1) is 0 Å². The van der Waals surface area contributed by atoms with Crippen LogP contribution >= 0.6 is 0 Å². The predicted molar refractivity (Wildman–Crippen MR) is 115 cm³/mol. The zero-order chi connectivity index (χ0) is 22.3. The molecule has 4 rings (SSSR count). The molecule has 2 spiro atoms. The molecule has 2 heterocycles. The average molecular weight is 432 g/mol. The Morgan fingerprint density at radius 3 is 2.26 bits per heavy atom. The van der Waals surface area contributed by atoms with Crippen LogP contribution in [-0.2, 0) is 26.2 Å². The van der Waals surface area contributed by atoms with Gasteiger partial charge in [-0.15, -0.1) is 0 Å². The van der Waals surface area contributed by atoms with Gasteiger partial charge in [0.05, 0.1) is 27.4 Å². The molecule has 1 aliphatic carbocycles. The number of methoxy groups -OCH3 is 2. The largest absolute Gasteiger partial charge is 0.493 e. The van der Waals surface area contributed by atoms with Crippen LogP contribution in [0.1, 0.15) is 51.2 Å². The monoisotopic (exact) mass is 431 g/mol. The number of nitrogens with zero attached hydrogens (tertiary/aromatic N) is 1. The quantitative estimate of drug-likeness (QED) is 0.655. The third-order valence-corrected chi connectivity index (χ3v) is 6.34. The molecule has 31 heavy (non-hydrogen) atoms. The lowest BCUT2D eigenvalue weighted by atomic mass is 9.69. The molecule has 0 saturated carbocycles. The van der Waals surface area contributed by atoms with Crippen molar-refractivity contribution in [2.45, 2.75) is 63.4 Å². The Labute approximate surface area is 184 Å². The first-order chi connectivity index (χ1) is 14.7. The summed E-state index contributed by atoms with van der Waals surface area (Å²) in [5, 5.41) is 0. The van der Waals surface area contributed by atoms with Crippen molar-refractivity contribution in [1.29, 1.82) is 0 Å². The van der Waals surface area contributed by atoms with Crippen molar-refractivity contribution in [2.75, 3.05) is 34.0 Å². The van der Waals surface area contributed by atoms with Gasteiger partial charge in [0.15, 0.2) is 17.3 Å². The van der Waals surface area contributed by atoms with E-state index in [2.05, 4.69) is 18.2 Å². The number of rotatable bonds is 2. The molecule has 170 valence electrons. The van der Waals surface area contributed by atoms with Gasteiger partial charge in [0.2, 0.25) is 0 Å². The number of ether oxygens (including phenoxy) is 5. The fraction of sp³-hybridized carbons (Fsp3) is 0.625. The predicted octanol–water partition coefficient (Wildman–Crippen LogP) is 4.18. The lowest BCUT2D eigenvalue weighted by molar-refractivity contribution is -0.128. The zero-order valence-corrected chi connectivity index (χ0v) is 19.2. The molecule has 1 fully saturated rings. The molecular weight excluding hydrogens is 398 g/mol. The van der Waals surface area contributed by atoms with E-state index in [-0.39, 0.29) is 11.5 Å². The third-order valence-electron chi connectivity index (χ3n) is 6.34. The van der Waals surface area contributed by atoms with Crippen molar-refractivity contribution < 1.29 is 28.5 Å². The van der Waals surface area contributed by atoms with Crippen LogP contribution in [0.5, 0.6) is 11.5 Å². The Kier molecular flexibility index (Phi) is 5.68. The molecule has 7 nitrogen and oxygen atoms in total. The first-order valence-electron chi connectivity index (χ1n) is 10.9. The highest BCUT2D eigenvalue weighted by Crippen LogP contribution is 2.48. The van der Waals surface area contributed by atoms with Crippen LogP contribution in [0.2, 0.25) is 0 Å². The summed E-state index contributed by atoms with van der Waals surface area (Å²) in [4.78, 5) is 14.7. The highest BCUT2D eigenvalue weighted by molar-refractivity contribution is 5.69. The fourth-order valence-corrected chi connectivity index (χ4v) is 4.75. The highest BCUT2D eigenvalue weighted by atomic mass is 16.7. The number of amides is 1. The number of carbonyl (C=O) groups is 1. The van der Waals surface area contributed by atoms with E-state index in [1.807, 2.05) is 26.8 Å². The summed E-state index contributed by atoms with van der Waals surface area (Å²) in [7, 11) is 3.27. The number of carbonyl (C=O) groups excluding carboxylic acids is 1. The Hall–Kier alpha value is -2.25. The number of benzene rings is 1. The van der Waals surface area contributed by atoms with E-state index < -0.39 is 11.4 Å². The van der Waals surface area contributed by atoms with Gasteiger partial charge < -0.3 is 28.6 Å². The minimum atomic E-state index is -0.612. The van der Waals surface area contributed by atoms with Crippen LogP contribution in [-0.4, -0.2) is 56.4 Å². The minimum Gasteiger partial charge on any atom is -0.493 e. The van der Waals surface area contributed by atoms with Crippen molar-refractivity contribution in [3.05, 3.63) is 35.4 Å². The molecule has 0 aromatic heterocycles. The SMILES string of the molecule is COc1cc2c(cc1OC)C1(C=CC3(CC1)OCCO3)CCN(C(=O)OC(C)(C)C)C2. The normalized spacial score (nSPS) is 24.7. The van der Waals surface area contributed by atoms with E-state index in [0.29, 0.717) is 37.8 Å². The van der Waals surface area contributed by atoms with Gasteiger partial charge in [-0.05, 0) is 62.9 Å². The van der Waals surface area contributed by atoms with Crippen LogP contribution in [0.3, 0.4) is 0 Å². The molecule has 3 aliphatic rings. The maximum Gasteiger partial charge on any atom is 0.410 e. The van der Waals surface area contributed by atoms with E-state index >= 15 is 0 Å². The van der Waals surface area contributed by atoms with Gasteiger partial charge in [-0.3, -0.25) is 0 Å². The topological polar surface area (TPSA) is 66.5 Å². The summed E-state index contributed by atoms with van der Waals surface area (Å²) >= 11 is 0. The van der Waals surface area contributed by atoms with E-state index in [0.717, 1.165) is 30.4 Å². The van der Waals surface area contributed by atoms with Gasteiger partial charge in [0.25, 0.3) is 0 Å². The molecule has 1 amide bonds. The summed E-state index contributed by atoms with van der Waals surface area (Å²) in [6.45, 7) is 7.94. The van der Waals surface area contributed by atoms with Crippen molar-refractivity contribution >= 4 is 6.09 Å². The Morgan fingerprint density at radius 2 is 1.68 bits per heavy atom. The third kappa shape index (κ3) is 4.26. The highest BCUT2D eigenvalue weighted by Gasteiger charge is 2.45. The van der Waals surface area contributed by atoms with Crippen molar-refractivity contribution in [2.24, 2.45) is 0 Å². The van der Waals surface area contributed by atoms with Gasteiger partial charge in [-0.2, -0.15) is 0 Å². The van der Waals surface area contributed by atoms with Gasteiger partial charge in [-0.25, -0.2) is 4.79 Å². The number of hydrogen-bond acceptors (Lipinski definition) is 6. The summed E-state index contributed by atoms with van der Waals surface area (Å²) in [5.41, 5.74) is 1.40. The maximum absolute atomic E-state index is 12.9. The second-order valence-electron chi connectivity index (χ2n) is 9.51. The summed E-state index contributed by atoms with van der Waals surface area (Å²) in [6, 6.07) is 4.05. The Morgan fingerprint density at radius 1 is 1.00 bits per heavy atom. The van der Waals surface area contributed by atoms with Crippen LogP contribution < -0.4 is 9.47 Å². The van der Waals surface area contributed by atoms with Gasteiger partial charge >= 0.3 is 6.09 Å². The molecule has 7 heteroatoms. The van der Waals surface area contributed by atoms with Crippen LogP contribution in [0.25, 0.3) is 0 Å². The summed E-state index contributed by atoms with van der Waals surface area (Å²) in [5.74, 6) is 0.730. The zero-order valence-electron chi connectivity index (χ0n) is 19.2. The molecular formula is C24H33NO6. The Balaban J connectivity index is 1.74. The Bertz CT molecular complexity index is 868. The maximum atomic E-state index is 12.9. The van der Waals surface area contributed by atoms with Crippen molar-refractivity contribution in [1.82, 2.24) is 4.90 Å². The molecule has 1 atom stereocenters. The van der Waals surface area contributed by atoms with Crippen molar-refractivity contribution in [3.8, 4) is 11.5 Å². The van der Waals surface area contributed by atoms with E-state index in [1.54, 1.807) is 19.1 Å². The molecule has 0 radical (unpaired) electrons.